The van der Waals surface area contributed by atoms with Gasteiger partial charge in [-0.1, -0.05) is 18.7 Å². The highest BCUT2D eigenvalue weighted by Crippen LogP contribution is 2.28. The van der Waals surface area contributed by atoms with Crippen LogP contribution in [0.5, 0.6) is 0 Å². The zero-order valence-corrected chi connectivity index (χ0v) is 16.2. The highest BCUT2D eigenvalue weighted by molar-refractivity contribution is 7.92. The topological polar surface area (TPSA) is 71.3 Å². The summed E-state index contributed by atoms with van der Waals surface area (Å²) in [6.45, 7) is 4.95. The summed E-state index contributed by atoms with van der Waals surface area (Å²) in [5, 5.41) is 0.961. The van der Waals surface area contributed by atoms with Crippen molar-refractivity contribution in [1.82, 2.24) is 18.8 Å². The number of hydrogen-bond donors (Lipinski definition) is 0. The third kappa shape index (κ3) is 3.16. The van der Waals surface area contributed by atoms with E-state index < -0.39 is 15.8 Å². The van der Waals surface area contributed by atoms with E-state index in [1.807, 2.05) is 40.8 Å². The minimum absolute atomic E-state index is 0.328. The highest BCUT2D eigenvalue weighted by Gasteiger charge is 2.26. The molecule has 1 aromatic carbocycles. The first kappa shape index (κ1) is 18.6. The number of pyridine rings is 1. The molecule has 0 unspecified atom stereocenters. The molecule has 0 aliphatic carbocycles. The van der Waals surface area contributed by atoms with Crippen LogP contribution in [0, 0.1) is 5.82 Å². The first-order valence-electron chi connectivity index (χ1n) is 8.85. The van der Waals surface area contributed by atoms with E-state index in [0.717, 1.165) is 16.4 Å². The van der Waals surface area contributed by atoms with E-state index in [1.165, 1.54) is 10.5 Å². The van der Waals surface area contributed by atoms with Gasteiger partial charge in [0.2, 0.25) is 10.0 Å². The Labute approximate surface area is 162 Å². The second kappa shape index (κ2) is 6.99. The number of imidazole rings is 1. The number of rotatable bonds is 4. The summed E-state index contributed by atoms with van der Waals surface area (Å²) in [7, 11) is -1.58. The van der Waals surface area contributed by atoms with Gasteiger partial charge in [0.15, 0.2) is 5.82 Å². The van der Waals surface area contributed by atoms with Gasteiger partial charge in [0.05, 0.1) is 22.8 Å². The first-order valence-corrected chi connectivity index (χ1v) is 10.4. The molecule has 0 atom stereocenters. The molecule has 0 spiro atoms. The van der Waals surface area contributed by atoms with Gasteiger partial charge in [0.1, 0.15) is 11.6 Å². The van der Waals surface area contributed by atoms with Crippen molar-refractivity contribution in [2.45, 2.75) is 0 Å². The Hall–Kier alpha value is -2.78. The molecule has 0 bridgehead atoms. The summed E-state index contributed by atoms with van der Waals surface area (Å²) < 4.78 is 41.6. The maximum atomic E-state index is 14.6. The van der Waals surface area contributed by atoms with Crippen LogP contribution < -0.4 is 4.90 Å². The lowest BCUT2D eigenvalue weighted by molar-refractivity contribution is 0.388. The molecule has 4 rings (SSSR count). The lowest BCUT2D eigenvalue weighted by Gasteiger charge is -2.34. The lowest BCUT2D eigenvalue weighted by atomic mass is 10.2. The molecule has 1 fully saturated rings. The van der Waals surface area contributed by atoms with Gasteiger partial charge in [-0.05, 0) is 18.2 Å². The maximum absolute atomic E-state index is 14.6. The number of para-hydroxylation sites is 2. The summed E-state index contributed by atoms with van der Waals surface area (Å²) in [6.07, 6.45) is 1.19. The fourth-order valence-corrected chi connectivity index (χ4v) is 4.32. The van der Waals surface area contributed by atoms with E-state index >= 15 is 0 Å². The molecule has 3 heterocycles. The predicted molar refractivity (Wildman–Crippen MR) is 107 cm³/mol. The van der Waals surface area contributed by atoms with E-state index in [-0.39, 0.29) is 0 Å². The van der Waals surface area contributed by atoms with Crippen LogP contribution in [-0.4, -0.2) is 53.4 Å². The Kier molecular flexibility index (Phi) is 4.64. The van der Waals surface area contributed by atoms with Crippen molar-refractivity contribution in [2.75, 3.05) is 31.1 Å². The second-order valence-corrected chi connectivity index (χ2v) is 8.48. The number of aromatic nitrogens is 3. The lowest BCUT2D eigenvalue weighted by Crippen LogP contribution is -2.48. The number of aryl methyl sites for hydroxylation is 1. The Bertz CT molecular complexity index is 1150. The average molecular weight is 401 g/mol. The van der Waals surface area contributed by atoms with Crippen molar-refractivity contribution in [3.05, 3.63) is 54.3 Å². The molecule has 0 radical (unpaired) electrons. The largest absolute Gasteiger partial charge is 0.354 e. The zero-order valence-electron chi connectivity index (χ0n) is 15.4. The fourth-order valence-electron chi connectivity index (χ4n) is 3.44. The van der Waals surface area contributed by atoms with E-state index in [2.05, 4.69) is 16.5 Å². The minimum Gasteiger partial charge on any atom is -0.354 e. The normalized spacial score (nSPS) is 15.9. The van der Waals surface area contributed by atoms with Gasteiger partial charge in [-0.2, -0.15) is 4.31 Å². The minimum atomic E-state index is -3.43. The molecular formula is C19H20FN5O2S. The molecule has 9 heteroatoms. The molecule has 1 aliphatic rings. The summed E-state index contributed by atoms with van der Waals surface area (Å²) in [6, 6.07) is 9.31. The van der Waals surface area contributed by atoms with E-state index in [4.69, 9.17) is 0 Å². The number of nitrogens with zero attached hydrogens (tertiary/aromatic N) is 5. The highest BCUT2D eigenvalue weighted by atomic mass is 32.2. The van der Waals surface area contributed by atoms with Gasteiger partial charge in [0, 0.05) is 38.6 Å². The van der Waals surface area contributed by atoms with Gasteiger partial charge in [-0.15, -0.1) is 0 Å². The summed E-state index contributed by atoms with van der Waals surface area (Å²) in [4.78, 5) is 10.7. The van der Waals surface area contributed by atoms with Gasteiger partial charge < -0.3 is 9.47 Å². The molecule has 0 amide bonds. The number of benzene rings is 1. The number of hydrogen-bond acceptors (Lipinski definition) is 5. The number of halogens is 1. The van der Waals surface area contributed by atoms with Gasteiger partial charge in [-0.25, -0.2) is 22.8 Å². The second-order valence-electron chi connectivity index (χ2n) is 6.60. The Morgan fingerprint density at radius 2 is 1.89 bits per heavy atom. The summed E-state index contributed by atoms with van der Waals surface area (Å²) in [5.41, 5.74) is 2.07. The Morgan fingerprint density at radius 3 is 2.57 bits per heavy atom. The van der Waals surface area contributed by atoms with E-state index in [9.17, 15) is 12.8 Å². The third-order valence-corrected chi connectivity index (χ3v) is 6.51. The van der Waals surface area contributed by atoms with Gasteiger partial charge in [-0.3, -0.25) is 0 Å². The Morgan fingerprint density at radius 1 is 1.18 bits per heavy atom. The van der Waals surface area contributed by atoms with Crippen molar-refractivity contribution < 1.29 is 12.8 Å². The maximum Gasteiger partial charge on any atom is 0.235 e. The molecule has 0 saturated carbocycles. The third-order valence-electron chi connectivity index (χ3n) is 5.00. The molecule has 146 valence electrons. The van der Waals surface area contributed by atoms with E-state index in [0.29, 0.717) is 43.4 Å². The standard InChI is InChI=1S/C19H20FN5O2S/c1-3-28(26,27)25-10-8-24(9-11-25)18-12-14(15(20)13-21-18)19-22-16-6-4-5-7-17(16)23(19)2/h3-7,12-13H,1,8-11H2,2H3. The molecule has 1 saturated heterocycles. The number of fused-ring (bicyclic) bond motifs is 1. The van der Waals surface area contributed by atoms with Crippen molar-refractivity contribution in [2.24, 2.45) is 7.05 Å². The van der Waals surface area contributed by atoms with Crippen molar-refractivity contribution in [3.63, 3.8) is 0 Å². The van der Waals surface area contributed by atoms with Crippen LogP contribution in [0.3, 0.4) is 0 Å². The average Bonchev–Trinajstić information content (AvgIpc) is 3.05. The summed E-state index contributed by atoms with van der Waals surface area (Å²) in [5.74, 6) is 0.671. The van der Waals surface area contributed by atoms with Crippen molar-refractivity contribution in [1.29, 1.82) is 0 Å². The zero-order chi connectivity index (χ0) is 19.9. The molecule has 3 aromatic rings. The van der Waals surface area contributed by atoms with Crippen LogP contribution in [0.2, 0.25) is 0 Å². The van der Waals surface area contributed by atoms with Crippen molar-refractivity contribution >= 4 is 26.9 Å². The van der Waals surface area contributed by atoms with Gasteiger partial charge in [0.25, 0.3) is 0 Å². The smallest absolute Gasteiger partial charge is 0.235 e. The first-order chi connectivity index (χ1) is 13.4. The van der Waals surface area contributed by atoms with Crippen LogP contribution >= 0.6 is 0 Å². The van der Waals surface area contributed by atoms with Crippen LogP contribution in [0.25, 0.3) is 22.4 Å². The monoisotopic (exact) mass is 401 g/mol. The quantitative estimate of drug-likeness (QED) is 0.671. The summed E-state index contributed by atoms with van der Waals surface area (Å²) >= 11 is 0. The number of piperazine rings is 1. The fraction of sp³-hybridized carbons (Fsp3) is 0.263. The van der Waals surface area contributed by atoms with Crippen LogP contribution in [-0.2, 0) is 17.1 Å². The number of sulfonamides is 1. The molecule has 7 nitrogen and oxygen atoms in total. The van der Waals surface area contributed by atoms with E-state index in [1.54, 1.807) is 6.07 Å². The Balaban J connectivity index is 1.65. The molecule has 1 aliphatic heterocycles. The molecular weight excluding hydrogens is 381 g/mol. The molecule has 0 N–H and O–H groups in total. The van der Waals surface area contributed by atoms with Crippen LogP contribution in [0.4, 0.5) is 10.2 Å². The number of anilines is 1. The van der Waals surface area contributed by atoms with Crippen molar-refractivity contribution in [3.8, 4) is 11.4 Å². The SMILES string of the molecule is C=CS(=O)(=O)N1CCN(c2cc(-c3nc4ccccc4n3C)c(F)cn2)CC1. The predicted octanol–water partition coefficient (Wildman–Crippen LogP) is 2.37. The molecule has 2 aromatic heterocycles. The van der Waals surface area contributed by atoms with Crippen LogP contribution in [0.15, 0.2) is 48.5 Å². The van der Waals surface area contributed by atoms with Crippen LogP contribution in [0.1, 0.15) is 0 Å². The molecule has 28 heavy (non-hydrogen) atoms. The van der Waals surface area contributed by atoms with Gasteiger partial charge >= 0.3 is 0 Å².